The number of hydrogen-bond donors (Lipinski definition) is 0. The molecule has 1 fully saturated rings. The molecule has 0 amide bonds. The molecule has 1 aromatic rings. The van der Waals surface area contributed by atoms with Crippen molar-refractivity contribution in [2.24, 2.45) is 5.41 Å². The minimum absolute atomic E-state index is 0.299. The Morgan fingerprint density at radius 1 is 1.20 bits per heavy atom. The third-order valence-electron chi connectivity index (χ3n) is 5.07. The number of carbonyl (C=O) groups excluding carboxylic acids is 2. The highest BCUT2D eigenvalue weighted by atomic mass is 16.5. The molecule has 2 rings (SSSR count). The zero-order valence-electron chi connectivity index (χ0n) is 15.7. The van der Waals surface area contributed by atoms with Gasteiger partial charge in [0.05, 0.1) is 19.1 Å². The number of likely N-dealkylation sites (tertiary alicyclic amines) is 1. The second-order valence-corrected chi connectivity index (χ2v) is 7.09. The fourth-order valence-electron chi connectivity index (χ4n) is 3.71. The van der Waals surface area contributed by atoms with E-state index in [1.165, 1.54) is 12.7 Å². The maximum absolute atomic E-state index is 12.6. The average molecular weight is 347 g/mol. The van der Waals surface area contributed by atoms with E-state index >= 15 is 0 Å². The standard InChI is InChI=1S/C20H29NO4/c1-5-25-18(22)17(20(2,3)19(23)24-4)21-13-11-16(12-14-21)15-9-7-6-8-10-15/h6-10,16-17H,5,11-14H2,1-4H3. The summed E-state index contributed by atoms with van der Waals surface area (Å²) in [5.41, 5.74) is 0.377. The van der Waals surface area contributed by atoms with Gasteiger partial charge in [-0.1, -0.05) is 30.3 Å². The van der Waals surface area contributed by atoms with E-state index in [2.05, 4.69) is 29.2 Å². The van der Waals surface area contributed by atoms with Crippen LogP contribution in [0.25, 0.3) is 0 Å². The topological polar surface area (TPSA) is 55.8 Å². The highest BCUT2D eigenvalue weighted by Gasteiger charge is 2.47. The van der Waals surface area contributed by atoms with Crippen molar-refractivity contribution in [1.82, 2.24) is 4.90 Å². The summed E-state index contributed by atoms with van der Waals surface area (Å²) in [6, 6.07) is 9.82. The third kappa shape index (κ3) is 4.40. The number of ether oxygens (including phenoxy) is 2. The van der Waals surface area contributed by atoms with E-state index in [1.54, 1.807) is 20.8 Å². The van der Waals surface area contributed by atoms with E-state index in [9.17, 15) is 9.59 Å². The number of methoxy groups -OCH3 is 1. The van der Waals surface area contributed by atoms with Gasteiger partial charge in [-0.3, -0.25) is 14.5 Å². The average Bonchev–Trinajstić information content (AvgIpc) is 2.62. The molecule has 0 N–H and O–H groups in total. The second-order valence-electron chi connectivity index (χ2n) is 7.09. The van der Waals surface area contributed by atoms with Crippen LogP contribution in [0.4, 0.5) is 0 Å². The second kappa shape index (κ2) is 8.48. The number of carbonyl (C=O) groups is 2. The summed E-state index contributed by atoms with van der Waals surface area (Å²) in [6.45, 7) is 7.09. The number of nitrogens with zero attached hydrogens (tertiary/aromatic N) is 1. The molecule has 1 aromatic carbocycles. The van der Waals surface area contributed by atoms with E-state index in [4.69, 9.17) is 9.47 Å². The minimum Gasteiger partial charge on any atom is -0.469 e. The van der Waals surface area contributed by atoms with Crippen molar-refractivity contribution in [3.8, 4) is 0 Å². The number of hydrogen-bond acceptors (Lipinski definition) is 5. The Morgan fingerprint density at radius 2 is 1.80 bits per heavy atom. The van der Waals surface area contributed by atoms with Crippen LogP contribution in [0.2, 0.25) is 0 Å². The molecule has 5 nitrogen and oxygen atoms in total. The molecule has 0 saturated carbocycles. The molecule has 0 radical (unpaired) electrons. The first-order chi connectivity index (χ1) is 11.9. The van der Waals surface area contributed by atoms with E-state index in [1.807, 2.05) is 6.07 Å². The van der Waals surface area contributed by atoms with Gasteiger partial charge in [-0.25, -0.2) is 0 Å². The highest BCUT2D eigenvalue weighted by molar-refractivity contribution is 5.87. The van der Waals surface area contributed by atoms with Crippen molar-refractivity contribution in [2.45, 2.75) is 45.6 Å². The Balaban J connectivity index is 2.14. The number of rotatable bonds is 6. The molecule has 138 valence electrons. The van der Waals surface area contributed by atoms with Gasteiger partial charge in [-0.15, -0.1) is 0 Å². The molecule has 1 heterocycles. The third-order valence-corrected chi connectivity index (χ3v) is 5.07. The van der Waals surface area contributed by atoms with Gasteiger partial charge in [-0.05, 0) is 58.2 Å². The van der Waals surface area contributed by atoms with E-state index in [-0.39, 0.29) is 5.97 Å². The monoisotopic (exact) mass is 347 g/mol. The maximum Gasteiger partial charge on any atom is 0.324 e. The lowest BCUT2D eigenvalue weighted by atomic mass is 9.81. The molecule has 0 spiro atoms. The van der Waals surface area contributed by atoms with Gasteiger partial charge in [0, 0.05) is 0 Å². The summed E-state index contributed by atoms with van der Waals surface area (Å²) >= 11 is 0. The van der Waals surface area contributed by atoms with Crippen molar-refractivity contribution in [3.63, 3.8) is 0 Å². The summed E-state index contributed by atoms with van der Waals surface area (Å²) < 4.78 is 10.2. The fraction of sp³-hybridized carbons (Fsp3) is 0.600. The van der Waals surface area contributed by atoms with Crippen LogP contribution >= 0.6 is 0 Å². The Morgan fingerprint density at radius 3 is 2.32 bits per heavy atom. The van der Waals surface area contributed by atoms with Crippen molar-refractivity contribution >= 4 is 11.9 Å². The van der Waals surface area contributed by atoms with Crippen LogP contribution in [0, 0.1) is 5.41 Å². The Hall–Kier alpha value is -1.88. The molecule has 0 bridgehead atoms. The van der Waals surface area contributed by atoms with Crippen molar-refractivity contribution in [2.75, 3.05) is 26.8 Å². The lowest BCUT2D eigenvalue weighted by Crippen LogP contribution is -2.56. The van der Waals surface area contributed by atoms with E-state index < -0.39 is 17.4 Å². The zero-order chi connectivity index (χ0) is 18.4. The van der Waals surface area contributed by atoms with Gasteiger partial charge in [0.1, 0.15) is 6.04 Å². The van der Waals surface area contributed by atoms with Gasteiger partial charge in [-0.2, -0.15) is 0 Å². The fourth-order valence-corrected chi connectivity index (χ4v) is 3.71. The van der Waals surface area contributed by atoms with Crippen LogP contribution in [0.1, 0.15) is 45.1 Å². The number of esters is 2. The van der Waals surface area contributed by atoms with Crippen molar-refractivity contribution in [3.05, 3.63) is 35.9 Å². The Kier molecular flexibility index (Phi) is 6.59. The first-order valence-corrected chi connectivity index (χ1v) is 8.95. The van der Waals surface area contributed by atoms with E-state index in [0.717, 1.165) is 25.9 Å². The molecule has 0 aliphatic carbocycles. The quantitative estimate of drug-likeness (QED) is 0.741. The van der Waals surface area contributed by atoms with Crippen LogP contribution < -0.4 is 0 Å². The number of piperidine rings is 1. The summed E-state index contributed by atoms with van der Waals surface area (Å²) in [5, 5.41) is 0. The molecule has 1 atom stereocenters. The highest BCUT2D eigenvalue weighted by Crippen LogP contribution is 2.34. The molecule has 5 heteroatoms. The van der Waals surface area contributed by atoms with Crippen LogP contribution in [0.3, 0.4) is 0 Å². The van der Waals surface area contributed by atoms with Gasteiger partial charge >= 0.3 is 11.9 Å². The van der Waals surface area contributed by atoms with Gasteiger partial charge in [0.25, 0.3) is 0 Å². The largest absolute Gasteiger partial charge is 0.469 e. The summed E-state index contributed by atoms with van der Waals surface area (Å²) in [4.78, 5) is 26.9. The molecule has 1 saturated heterocycles. The maximum atomic E-state index is 12.6. The van der Waals surface area contributed by atoms with Crippen molar-refractivity contribution in [1.29, 1.82) is 0 Å². The molecule has 1 aliphatic rings. The molecular formula is C20H29NO4. The summed E-state index contributed by atoms with van der Waals surface area (Å²) in [7, 11) is 1.36. The van der Waals surface area contributed by atoms with Crippen LogP contribution in [0.5, 0.6) is 0 Å². The lowest BCUT2D eigenvalue weighted by Gasteiger charge is -2.42. The van der Waals surface area contributed by atoms with Gasteiger partial charge in [0.2, 0.25) is 0 Å². The molecule has 1 unspecified atom stereocenters. The molecular weight excluding hydrogens is 318 g/mol. The predicted octanol–water partition coefficient (Wildman–Crippen LogP) is 3.00. The smallest absolute Gasteiger partial charge is 0.324 e. The molecule has 1 aliphatic heterocycles. The zero-order valence-corrected chi connectivity index (χ0v) is 15.7. The first kappa shape index (κ1) is 19.4. The van der Waals surface area contributed by atoms with Crippen molar-refractivity contribution < 1.29 is 19.1 Å². The number of benzene rings is 1. The van der Waals surface area contributed by atoms with Gasteiger partial charge in [0.15, 0.2) is 0 Å². The summed E-state index contributed by atoms with van der Waals surface area (Å²) in [6.07, 6.45) is 1.91. The SMILES string of the molecule is CCOC(=O)C(N1CCC(c2ccccc2)CC1)C(C)(C)C(=O)OC. The minimum atomic E-state index is -0.958. The van der Waals surface area contributed by atoms with Crippen LogP contribution in [-0.4, -0.2) is 49.7 Å². The van der Waals surface area contributed by atoms with Gasteiger partial charge < -0.3 is 9.47 Å². The predicted molar refractivity (Wildman–Crippen MR) is 96.2 cm³/mol. The molecule has 25 heavy (non-hydrogen) atoms. The first-order valence-electron chi connectivity index (χ1n) is 8.95. The van der Waals surface area contributed by atoms with Crippen LogP contribution in [0.15, 0.2) is 30.3 Å². The normalized spacial score (nSPS) is 17.8. The molecule has 0 aromatic heterocycles. The van der Waals surface area contributed by atoms with Crippen LogP contribution in [-0.2, 0) is 19.1 Å². The Labute approximate surface area is 150 Å². The summed E-state index contributed by atoms with van der Waals surface area (Å²) in [5.74, 6) is -0.256. The lowest BCUT2D eigenvalue weighted by molar-refractivity contribution is -0.168. The van der Waals surface area contributed by atoms with E-state index in [0.29, 0.717) is 12.5 Å². The Bertz CT molecular complexity index is 577.